The van der Waals surface area contributed by atoms with Gasteiger partial charge in [-0.15, -0.1) is 0 Å². The molecule has 2 unspecified atom stereocenters. The Bertz CT molecular complexity index is 401. The van der Waals surface area contributed by atoms with Gasteiger partial charge in [-0.25, -0.2) is 4.68 Å². The zero-order valence-electron chi connectivity index (χ0n) is 11.2. The van der Waals surface area contributed by atoms with Gasteiger partial charge >= 0.3 is 5.97 Å². The lowest BCUT2D eigenvalue weighted by Gasteiger charge is -2.21. The van der Waals surface area contributed by atoms with E-state index in [0.29, 0.717) is 6.54 Å². The standard InChI is InChI=1S/C13H21N3O2/c1-5-10(3)12(13(17)18-4)14-7-11-8-15-16(6-2)9-11/h6,8-10,12,14H,2,5,7H2,1,3-4H3. The number of hydrogen-bond donors (Lipinski definition) is 1. The first-order valence-corrected chi connectivity index (χ1v) is 6.09. The van der Waals surface area contributed by atoms with Gasteiger partial charge in [0, 0.05) is 24.5 Å². The molecule has 1 aromatic heterocycles. The monoisotopic (exact) mass is 251 g/mol. The second-order valence-corrected chi connectivity index (χ2v) is 4.28. The predicted molar refractivity (Wildman–Crippen MR) is 70.7 cm³/mol. The zero-order chi connectivity index (χ0) is 13.5. The van der Waals surface area contributed by atoms with Crippen LogP contribution in [0.15, 0.2) is 19.0 Å². The van der Waals surface area contributed by atoms with Crippen LogP contribution in [0.3, 0.4) is 0 Å². The van der Waals surface area contributed by atoms with Gasteiger partial charge in [0.25, 0.3) is 0 Å². The van der Waals surface area contributed by atoms with Gasteiger partial charge in [0.05, 0.1) is 13.3 Å². The normalized spacial score (nSPS) is 13.9. The molecule has 0 amide bonds. The number of esters is 1. The van der Waals surface area contributed by atoms with Crippen LogP contribution in [0, 0.1) is 5.92 Å². The molecule has 0 aliphatic heterocycles. The molecule has 0 bridgehead atoms. The Hall–Kier alpha value is -1.62. The first-order chi connectivity index (χ1) is 8.62. The lowest BCUT2D eigenvalue weighted by atomic mass is 9.99. The molecule has 1 aromatic rings. The van der Waals surface area contributed by atoms with Crippen molar-refractivity contribution in [1.82, 2.24) is 15.1 Å². The van der Waals surface area contributed by atoms with Crippen molar-refractivity contribution in [2.75, 3.05) is 7.11 Å². The van der Waals surface area contributed by atoms with Crippen molar-refractivity contribution in [3.8, 4) is 0 Å². The minimum Gasteiger partial charge on any atom is -0.468 e. The molecule has 0 aromatic carbocycles. The van der Waals surface area contributed by atoms with E-state index in [2.05, 4.69) is 23.9 Å². The first kappa shape index (κ1) is 14.4. The molecule has 1 rings (SSSR count). The average Bonchev–Trinajstić information content (AvgIpc) is 2.86. The molecule has 0 saturated heterocycles. The molecule has 0 aliphatic carbocycles. The molecule has 0 saturated carbocycles. The minimum atomic E-state index is -0.285. The van der Waals surface area contributed by atoms with E-state index < -0.39 is 0 Å². The molecular weight excluding hydrogens is 230 g/mol. The van der Waals surface area contributed by atoms with Gasteiger partial charge in [0.15, 0.2) is 0 Å². The van der Waals surface area contributed by atoms with Crippen LogP contribution in [0.1, 0.15) is 25.8 Å². The maximum Gasteiger partial charge on any atom is 0.323 e. The molecule has 2 atom stereocenters. The maximum atomic E-state index is 11.7. The van der Waals surface area contributed by atoms with Gasteiger partial charge in [-0.3, -0.25) is 10.1 Å². The van der Waals surface area contributed by atoms with Crippen LogP contribution >= 0.6 is 0 Å². The van der Waals surface area contributed by atoms with Crippen LogP contribution in [0.25, 0.3) is 6.20 Å². The summed E-state index contributed by atoms with van der Waals surface area (Å²) in [5, 5.41) is 7.30. The highest BCUT2D eigenvalue weighted by Gasteiger charge is 2.24. The lowest BCUT2D eigenvalue weighted by molar-refractivity contribution is -0.144. The molecule has 0 spiro atoms. The Morgan fingerprint density at radius 3 is 2.94 bits per heavy atom. The van der Waals surface area contributed by atoms with Crippen molar-refractivity contribution in [2.24, 2.45) is 5.92 Å². The number of aromatic nitrogens is 2. The van der Waals surface area contributed by atoms with Crippen LogP contribution in [0.2, 0.25) is 0 Å². The Balaban J connectivity index is 2.61. The number of methoxy groups -OCH3 is 1. The minimum absolute atomic E-state index is 0.222. The number of carbonyl (C=O) groups excluding carboxylic acids is 1. The molecule has 0 aliphatic rings. The molecule has 18 heavy (non-hydrogen) atoms. The Morgan fingerprint density at radius 1 is 1.72 bits per heavy atom. The molecule has 1 heterocycles. The highest BCUT2D eigenvalue weighted by atomic mass is 16.5. The van der Waals surface area contributed by atoms with E-state index in [4.69, 9.17) is 4.74 Å². The van der Waals surface area contributed by atoms with Gasteiger partial charge in [-0.05, 0) is 5.92 Å². The number of nitrogens with zero attached hydrogens (tertiary/aromatic N) is 2. The topological polar surface area (TPSA) is 56.2 Å². The first-order valence-electron chi connectivity index (χ1n) is 6.09. The molecule has 5 nitrogen and oxygen atoms in total. The second-order valence-electron chi connectivity index (χ2n) is 4.28. The number of carbonyl (C=O) groups is 1. The molecular formula is C13H21N3O2. The fourth-order valence-corrected chi connectivity index (χ4v) is 1.68. The molecule has 5 heteroatoms. The SMILES string of the molecule is C=Cn1cc(CNC(C(=O)OC)C(C)CC)cn1. The van der Waals surface area contributed by atoms with E-state index in [1.54, 1.807) is 17.1 Å². The third kappa shape index (κ3) is 3.70. The third-order valence-electron chi connectivity index (χ3n) is 3.04. The molecule has 0 radical (unpaired) electrons. The molecule has 0 fully saturated rings. The van der Waals surface area contributed by atoms with Crippen molar-refractivity contribution in [3.63, 3.8) is 0 Å². The summed E-state index contributed by atoms with van der Waals surface area (Å²) < 4.78 is 6.44. The van der Waals surface area contributed by atoms with Crippen LogP contribution in [0.5, 0.6) is 0 Å². The van der Waals surface area contributed by atoms with Gasteiger partial charge in [0.1, 0.15) is 6.04 Å². The summed E-state index contributed by atoms with van der Waals surface area (Å²) >= 11 is 0. The van der Waals surface area contributed by atoms with E-state index in [0.717, 1.165) is 12.0 Å². The van der Waals surface area contributed by atoms with Gasteiger partial charge in [-0.2, -0.15) is 5.10 Å². The number of hydrogen-bond acceptors (Lipinski definition) is 4. The fraction of sp³-hybridized carbons (Fsp3) is 0.538. The summed E-state index contributed by atoms with van der Waals surface area (Å²) in [4.78, 5) is 11.7. The van der Waals surface area contributed by atoms with E-state index >= 15 is 0 Å². The highest BCUT2D eigenvalue weighted by molar-refractivity contribution is 5.75. The van der Waals surface area contributed by atoms with Crippen molar-refractivity contribution >= 4 is 12.2 Å². The fourth-order valence-electron chi connectivity index (χ4n) is 1.68. The summed E-state index contributed by atoms with van der Waals surface area (Å²) in [5.74, 6) is 0.00682. The average molecular weight is 251 g/mol. The van der Waals surface area contributed by atoms with Gasteiger partial charge < -0.3 is 4.74 Å². The summed E-state index contributed by atoms with van der Waals surface area (Å²) in [5.41, 5.74) is 1.01. The highest BCUT2D eigenvalue weighted by Crippen LogP contribution is 2.10. The maximum absolute atomic E-state index is 11.7. The lowest BCUT2D eigenvalue weighted by Crippen LogP contribution is -2.42. The second kappa shape index (κ2) is 6.96. The van der Waals surface area contributed by atoms with Crippen molar-refractivity contribution in [3.05, 3.63) is 24.5 Å². The largest absolute Gasteiger partial charge is 0.468 e. The number of nitrogens with one attached hydrogen (secondary N) is 1. The number of ether oxygens (including phenoxy) is 1. The van der Waals surface area contributed by atoms with E-state index in [-0.39, 0.29) is 17.9 Å². The molecule has 100 valence electrons. The smallest absolute Gasteiger partial charge is 0.323 e. The Kier molecular flexibility index (Phi) is 5.58. The van der Waals surface area contributed by atoms with E-state index in [1.165, 1.54) is 7.11 Å². The van der Waals surface area contributed by atoms with Crippen LogP contribution < -0.4 is 5.32 Å². The van der Waals surface area contributed by atoms with E-state index in [9.17, 15) is 4.79 Å². The summed E-state index contributed by atoms with van der Waals surface area (Å²) in [6.45, 7) is 8.29. The van der Waals surface area contributed by atoms with Crippen molar-refractivity contribution < 1.29 is 9.53 Å². The van der Waals surface area contributed by atoms with Crippen LogP contribution in [-0.4, -0.2) is 28.9 Å². The van der Waals surface area contributed by atoms with E-state index in [1.807, 2.05) is 13.1 Å². The summed E-state index contributed by atoms with van der Waals surface area (Å²) in [6, 6.07) is -0.285. The van der Waals surface area contributed by atoms with Gasteiger partial charge in [-0.1, -0.05) is 26.8 Å². The predicted octanol–water partition coefficient (Wildman–Crippen LogP) is 1.66. The Morgan fingerprint density at radius 2 is 2.44 bits per heavy atom. The van der Waals surface area contributed by atoms with Crippen LogP contribution in [-0.2, 0) is 16.1 Å². The number of rotatable bonds is 7. The van der Waals surface area contributed by atoms with Crippen molar-refractivity contribution in [1.29, 1.82) is 0 Å². The van der Waals surface area contributed by atoms with Crippen molar-refractivity contribution in [2.45, 2.75) is 32.9 Å². The third-order valence-corrected chi connectivity index (χ3v) is 3.04. The summed E-state index contributed by atoms with van der Waals surface area (Å²) in [6.07, 6.45) is 6.15. The Labute approximate surface area is 108 Å². The zero-order valence-corrected chi connectivity index (χ0v) is 11.2. The summed E-state index contributed by atoms with van der Waals surface area (Å²) in [7, 11) is 1.41. The quantitative estimate of drug-likeness (QED) is 0.749. The molecule has 1 N–H and O–H groups in total. The van der Waals surface area contributed by atoms with Crippen LogP contribution in [0.4, 0.5) is 0 Å². The van der Waals surface area contributed by atoms with Gasteiger partial charge in [0.2, 0.25) is 0 Å².